The minimum atomic E-state index is -0.679. The van der Waals surface area contributed by atoms with Gasteiger partial charge < -0.3 is 14.7 Å². The fraction of sp³-hybridized carbons (Fsp3) is 0.435. The van der Waals surface area contributed by atoms with Crippen LogP contribution in [-0.2, 0) is 4.79 Å². The molecule has 0 aliphatic carbocycles. The molecule has 1 N–H and O–H groups in total. The number of carboxylic acid groups (broad SMARTS) is 1. The molecular weight excluding hydrogens is 352 g/mol. The standard InChI is InChI=1S/C23H30N2O3/c1-4-28-21-8-6-5-7-20(21)22(17-9-11-19(12-10-17)24(2)3)25-15-13-18(14-16-25)23(26)27/h5-12,18,22H,4,13-16H2,1-3H3,(H,26,27). The largest absolute Gasteiger partial charge is 0.494 e. The summed E-state index contributed by atoms with van der Waals surface area (Å²) in [6.07, 6.45) is 1.36. The van der Waals surface area contributed by atoms with Crippen LogP contribution in [0.3, 0.4) is 0 Å². The Hall–Kier alpha value is -2.53. The average Bonchev–Trinajstić information content (AvgIpc) is 2.70. The molecule has 5 nitrogen and oxygen atoms in total. The number of para-hydroxylation sites is 1. The fourth-order valence-corrected chi connectivity index (χ4v) is 3.94. The van der Waals surface area contributed by atoms with Gasteiger partial charge >= 0.3 is 5.97 Å². The van der Waals surface area contributed by atoms with Gasteiger partial charge in [-0.25, -0.2) is 0 Å². The predicted octanol–water partition coefficient (Wildman–Crippen LogP) is 4.04. The lowest BCUT2D eigenvalue weighted by Gasteiger charge is -2.37. The number of likely N-dealkylation sites (tertiary alicyclic amines) is 1. The van der Waals surface area contributed by atoms with Gasteiger partial charge in [-0.2, -0.15) is 0 Å². The first-order valence-corrected chi connectivity index (χ1v) is 9.97. The molecule has 1 heterocycles. The van der Waals surface area contributed by atoms with E-state index in [1.165, 1.54) is 5.56 Å². The van der Waals surface area contributed by atoms with Crippen molar-refractivity contribution in [2.45, 2.75) is 25.8 Å². The molecule has 0 amide bonds. The monoisotopic (exact) mass is 382 g/mol. The van der Waals surface area contributed by atoms with Gasteiger partial charge in [-0.05, 0) is 56.6 Å². The first kappa shape index (κ1) is 20.2. The highest BCUT2D eigenvalue weighted by Crippen LogP contribution is 2.37. The van der Waals surface area contributed by atoms with E-state index >= 15 is 0 Å². The molecule has 1 aliphatic rings. The molecule has 5 heteroatoms. The van der Waals surface area contributed by atoms with Crippen molar-refractivity contribution in [3.8, 4) is 5.75 Å². The van der Waals surface area contributed by atoms with E-state index < -0.39 is 5.97 Å². The summed E-state index contributed by atoms with van der Waals surface area (Å²) in [5.74, 6) is -0.0246. The van der Waals surface area contributed by atoms with Gasteiger partial charge in [-0.3, -0.25) is 9.69 Å². The predicted molar refractivity (Wildman–Crippen MR) is 112 cm³/mol. The van der Waals surface area contributed by atoms with Gasteiger partial charge in [0.25, 0.3) is 0 Å². The number of ether oxygens (including phenoxy) is 1. The van der Waals surface area contributed by atoms with Crippen molar-refractivity contribution in [3.05, 3.63) is 59.7 Å². The number of benzene rings is 2. The Kier molecular flexibility index (Phi) is 6.57. The van der Waals surface area contributed by atoms with Crippen LogP contribution in [0.5, 0.6) is 5.75 Å². The van der Waals surface area contributed by atoms with Crippen LogP contribution in [0, 0.1) is 5.92 Å². The Morgan fingerprint density at radius 1 is 1.14 bits per heavy atom. The number of carboxylic acids is 1. The van der Waals surface area contributed by atoms with Gasteiger partial charge in [0, 0.05) is 25.3 Å². The molecule has 1 aliphatic heterocycles. The molecule has 28 heavy (non-hydrogen) atoms. The molecule has 150 valence electrons. The molecule has 1 unspecified atom stereocenters. The molecule has 0 saturated carbocycles. The summed E-state index contributed by atoms with van der Waals surface area (Å²) in [5.41, 5.74) is 3.49. The molecule has 3 rings (SSSR count). The zero-order valence-electron chi connectivity index (χ0n) is 17.0. The Balaban J connectivity index is 1.96. The van der Waals surface area contributed by atoms with E-state index in [4.69, 9.17) is 4.74 Å². The number of nitrogens with zero attached hydrogens (tertiary/aromatic N) is 2. The highest BCUT2D eigenvalue weighted by molar-refractivity contribution is 5.70. The quantitative estimate of drug-likeness (QED) is 0.783. The van der Waals surface area contributed by atoms with Crippen molar-refractivity contribution in [2.24, 2.45) is 5.92 Å². The van der Waals surface area contributed by atoms with E-state index in [1.807, 2.05) is 39.2 Å². The average molecular weight is 383 g/mol. The van der Waals surface area contributed by atoms with E-state index in [1.54, 1.807) is 0 Å². The zero-order valence-corrected chi connectivity index (χ0v) is 17.0. The summed E-state index contributed by atoms with van der Waals surface area (Å²) in [7, 11) is 4.07. The maximum absolute atomic E-state index is 11.4. The SMILES string of the molecule is CCOc1ccccc1C(c1ccc(N(C)C)cc1)N1CCC(C(=O)O)CC1. The summed E-state index contributed by atoms with van der Waals surface area (Å²) >= 11 is 0. The van der Waals surface area contributed by atoms with E-state index in [9.17, 15) is 9.90 Å². The summed E-state index contributed by atoms with van der Waals surface area (Å²) < 4.78 is 5.92. The third kappa shape index (κ3) is 4.47. The van der Waals surface area contributed by atoms with Gasteiger partial charge in [0.15, 0.2) is 0 Å². The smallest absolute Gasteiger partial charge is 0.306 e. The number of anilines is 1. The lowest BCUT2D eigenvalue weighted by atomic mass is 9.91. The van der Waals surface area contributed by atoms with Gasteiger partial charge in [0.1, 0.15) is 5.75 Å². The van der Waals surface area contributed by atoms with Gasteiger partial charge in [0.05, 0.1) is 18.6 Å². The van der Waals surface area contributed by atoms with Crippen molar-refractivity contribution < 1.29 is 14.6 Å². The first-order chi connectivity index (χ1) is 13.5. The number of piperidine rings is 1. The van der Waals surface area contributed by atoms with Crippen LogP contribution in [0.4, 0.5) is 5.69 Å². The van der Waals surface area contributed by atoms with Gasteiger partial charge in [-0.1, -0.05) is 30.3 Å². The maximum Gasteiger partial charge on any atom is 0.306 e. The van der Waals surface area contributed by atoms with E-state index in [0.29, 0.717) is 19.4 Å². The number of carbonyl (C=O) groups is 1. The van der Waals surface area contributed by atoms with Crippen LogP contribution in [0.15, 0.2) is 48.5 Å². The van der Waals surface area contributed by atoms with E-state index in [-0.39, 0.29) is 12.0 Å². The molecule has 1 atom stereocenters. The normalized spacial score (nSPS) is 16.5. The second-order valence-corrected chi connectivity index (χ2v) is 7.51. The highest BCUT2D eigenvalue weighted by Gasteiger charge is 2.31. The molecule has 0 radical (unpaired) electrons. The molecule has 0 aromatic heterocycles. The van der Waals surface area contributed by atoms with Crippen molar-refractivity contribution in [1.29, 1.82) is 0 Å². The van der Waals surface area contributed by atoms with Crippen molar-refractivity contribution >= 4 is 11.7 Å². The van der Waals surface area contributed by atoms with Gasteiger partial charge in [0.2, 0.25) is 0 Å². The minimum absolute atomic E-state index is 0.0497. The number of hydrogen-bond donors (Lipinski definition) is 1. The molecule has 1 fully saturated rings. The maximum atomic E-state index is 11.4. The van der Waals surface area contributed by atoms with Crippen LogP contribution in [0.2, 0.25) is 0 Å². The van der Waals surface area contributed by atoms with E-state index in [2.05, 4.69) is 40.1 Å². The topological polar surface area (TPSA) is 53.0 Å². The minimum Gasteiger partial charge on any atom is -0.494 e. The molecule has 0 spiro atoms. The Labute approximate surface area is 167 Å². The lowest BCUT2D eigenvalue weighted by molar-refractivity contribution is -0.143. The van der Waals surface area contributed by atoms with Crippen molar-refractivity contribution in [3.63, 3.8) is 0 Å². The summed E-state index contributed by atoms with van der Waals surface area (Å²) in [4.78, 5) is 15.8. The molecule has 2 aromatic rings. The Bertz CT molecular complexity index is 781. The highest BCUT2D eigenvalue weighted by atomic mass is 16.5. The zero-order chi connectivity index (χ0) is 20.1. The third-order valence-corrected chi connectivity index (χ3v) is 5.48. The third-order valence-electron chi connectivity index (χ3n) is 5.48. The number of hydrogen-bond acceptors (Lipinski definition) is 4. The summed E-state index contributed by atoms with van der Waals surface area (Å²) in [5, 5.41) is 9.35. The number of rotatable bonds is 7. The second kappa shape index (κ2) is 9.11. The fourth-order valence-electron chi connectivity index (χ4n) is 3.94. The Morgan fingerprint density at radius 3 is 2.36 bits per heavy atom. The van der Waals surface area contributed by atoms with Crippen molar-refractivity contribution in [1.82, 2.24) is 4.90 Å². The van der Waals surface area contributed by atoms with E-state index in [0.717, 1.165) is 30.1 Å². The Morgan fingerprint density at radius 2 is 1.79 bits per heavy atom. The molecule has 2 aromatic carbocycles. The molecule has 1 saturated heterocycles. The van der Waals surface area contributed by atoms with Crippen LogP contribution < -0.4 is 9.64 Å². The van der Waals surface area contributed by atoms with Crippen molar-refractivity contribution in [2.75, 3.05) is 38.7 Å². The summed E-state index contributed by atoms with van der Waals surface area (Å²) in [6, 6.07) is 16.8. The lowest BCUT2D eigenvalue weighted by Crippen LogP contribution is -2.39. The first-order valence-electron chi connectivity index (χ1n) is 9.97. The molecule has 0 bridgehead atoms. The molecular formula is C23H30N2O3. The van der Waals surface area contributed by atoms with Gasteiger partial charge in [-0.15, -0.1) is 0 Å². The van der Waals surface area contributed by atoms with Crippen LogP contribution in [0.1, 0.15) is 36.9 Å². The van der Waals surface area contributed by atoms with Crippen LogP contribution in [-0.4, -0.2) is 49.8 Å². The second-order valence-electron chi connectivity index (χ2n) is 7.51. The number of aliphatic carboxylic acids is 1. The van der Waals surface area contributed by atoms with Crippen LogP contribution >= 0.6 is 0 Å². The van der Waals surface area contributed by atoms with Crippen LogP contribution in [0.25, 0.3) is 0 Å². The summed E-state index contributed by atoms with van der Waals surface area (Å²) in [6.45, 7) is 4.13.